The predicted molar refractivity (Wildman–Crippen MR) is 199 cm³/mol. The average molecular weight is 736 g/mol. The highest BCUT2D eigenvalue weighted by atomic mass is 35.5. The summed E-state index contributed by atoms with van der Waals surface area (Å²) in [4.78, 5) is 47.0. The Balaban J connectivity index is 0.920. The minimum atomic E-state index is -1.25. The first-order valence-corrected chi connectivity index (χ1v) is 18.8. The average Bonchev–Trinajstić information content (AvgIpc) is 3.76. The van der Waals surface area contributed by atoms with Crippen LogP contribution in [0.3, 0.4) is 0 Å². The van der Waals surface area contributed by atoms with E-state index >= 15 is 0 Å². The van der Waals surface area contributed by atoms with Crippen molar-refractivity contribution in [3.8, 4) is 11.1 Å². The van der Waals surface area contributed by atoms with Crippen LogP contribution in [0.15, 0.2) is 42.7 Å². The van der Waals surface area contributed by atoms with E-state index in [4.69, 9.17) is 11.6 Å². The Morgan fingerprint density at radius 3 is 2.35 bits per heavy atom. The van der Waals surface area contributed by atoms with Gasteiger partial charge in [-0.2, -0.15) is 5.10 Å². The smallest absolute Gasteiger partial charge is 0.243 e. The lowest BCUT2D eigenvalue weighted by Gasteiger charge is -2.23. The van der Waals surface area contributed by atoms with Crippen LogP contribution in [0.5, 0.6) is 0 Å². The van der Waals surface area contributed by atoms with Gasteiger partial charge in [-0.15, -0.1) is 0 Å². The van der Waals surface area contributed by atoms with Gasteiger partial charge in [-0.1, -0.05) is 75.6 Å². The molecule has 0 unspecified atom stereocenters. The number of Topliss-reactive ketones (excluding diaryl/α,β-unsaturated/α-hetero) is 1. The van der Waals surface area contributed by atoms with Crippen molar-refractivity contribution in [2.24, 2.45) is 0 Å². The van der Waals surface area contributed by atoms with E-state index in [1.807, 2.05) is 18.2 Å². The van der Waals surface area contributed by atoms with Crippen molar-refractivity contribution in [2.75, 3.05) is 18.4 Å². The standard InChI is InChI=1S/C39H48ClF2N7O3/c1-3-35(51)49-24-30(41)20-34(49)38(52)44-21-28-17-26(18-32(40)36(28)42)13-11-9-7-5-4-6-8-10-12-16-43-39-45-22-29(23-46-39)27-14-15-33-31(19-27)37(25(2)50)48-47-33/h14-15,17-19,22-23,30,34H,3-13,16,20-21,24H2,1-2H3,(H,44,52)(H,47,48)(H,43,45,46)/t30-,34+/m1/s1. The fraction of sp³-hybridized carbons (Fsp3) is 0.487. The summed E-state index contributed by atoms with van der Waals surface area (Å²) in [6, 6.07) is 8.29. The predicted octanol–water partition coefficient (Wildman–Crippen LogP) is 8.15. The molecule has 0 saturated carbocycles. The summed E-state index contributed by atoms with van der Waals surface area (Å²) in [6.07, 6.45) is 13.3. The van der Waals surface area contributed by atoms with Gasteiger partial charge in [-0.3, -0.25) is 19.5 Å². The summed E-state index contributed by atoms with van der Waals surface area (Å²) in [7, 11) is 0. The summed E-state index contributed by atoms with van der Waals surface area (Å²) >= 11 is 6.18. The molecule has 13 heteroatoms. The van der Waals surface area contributed by atoms with E-state index < -0.39 is 23.9 Å². The SMILES string of the molecule is CCC(=O)N1C[C@H](F)C[C@H]1C(=O)NCc1cc(CCCCCCCCCCCNc2ncc(-c3ccc4[nH]nc(C(C)=O)c4c3)cn2)cc(Cl)c1F. The van der Waals surface area contributed by atoms with Crippen molar-refractivity contribution in [2.45, 2.75) is 110 Å². The number of aryl methyl sites for hydroxylation is 1. The van der Waals surface area contributed by atoms with E-state index in [1.54, 1.807) is 31.5 Å². The fourth-order valence-corrected chi connectivity index (χ4v) is 6.98. The number of hydrogen-bond acceptors (Lipinski definition) is 7. The maximum Gasteiger partial charge on any atom is 0.243 e. The molecule has 2 aromatic heterocycles. The number of hydrogen-bond donors (Lipinski definition) is 3. The van der Waals surface area contributed by atoms with Crippen molar-refractivity contribution >= 4 is 46.0 Å². The van der Waals surface area contributed by atoms with Crippen LogP contribution in [-0.4, -0.2) is 68.0 Å². The number of carbonyl (C=O) groups is 3. The number of amides is 2. The van der Waals surface area contributed by atoms with E-state index in [2.05, 4.69) is 30.8 Å². The van der Waals surface area contributed by atoms with Crippen molar-refractivity contribution < 1.29 is 23.2 Å². The molecule has 1 fully saturated rings. The summed E-state index contributed by atoms with van der Waals surface area (Å²) in [5.74, 6) is -0.820. The Morgan fingerprint density at radius 2 is 1.65 bits per heavy atom. The largest absolute Gasteiger partial charge is 0.354 e. The Hall–Kier alpha value is -4.45. The van der Waals surface area contributed by atoms with Crippen LogP contribution in [0, 0.1) is 5.82 Å². The number of likely N-dealkylation sites (tertiary alicyclic amines) is 1. The Morgan fingerprint density at radius 1 is 0.962 bits per heavy atom. The number of alkyl halides is 1. The molecule has 2 atom stereocenters. The first-order chi connectivity index (χ1) is 25.1. The van der Waals surface area contributed by atoms with Crippen molar-refractivity contribution in [1.29, 1.82) is 0 Å². The highest BCUT2D eigenvalue weighted by molar-refractivity contribution is 6.30. The van der Waals surface area contributed by atoms with Gasteiger partial charge in [0, 0.05) is 61.8 Å². The molecule has 278 valence electrons. The maximum absolute atomic E-state index is 14.8. The van der Waals surface area contributed by atoms with Gasteiger partial charge in [0.1, 0.15) is 23.7 Å². The second-order valence-corrected chi connectivity index (χ2v) is 14.0. The zero-order chi connectivity index (χ0) is 37.0. The van der Waals surface area contributed by atoms with E-state index in [9.17, 15) is 23.2 Å². The van der Waals surface area contributed by atoms with E-state index in [-0.39, 0.29) is 48.2 Å². The lowest BCUT2D eigenvalue weighted by atomic mass is 10.0. The van der Waals surface area contributed by atoms with Gasteiger partial charge in [0.25, 0.3) is 0 Å². The monoisotopic (exact) mass is 735 g/mol. The summed E-state index contributed by atoms with van der Waals surface area (Å²) < 4.78 is 28.7. The van der Waals surface area contributed by atoms with Gasteiger partial charge in [0.05, 0.1) is 17.1 Å². The molecular weight excluding hydrogens is 688 g/mol. The Kier molecular flexibility index (Phi) is 14.1. The maximum atomic E-state index is 14.8. The van der Waals surface area contributed by atoms with Gasteiger partial charge in [-0.25, -0.2) is 18.7 Å². The van der Waals surface area contributed by atoms with Gasteiger partial charge in [0.15, 0.2) is 5.78 Å². The third-order valence-corrected chi connectivity index (χ3v) is 9.87. The molecule has 10 nitrogen and oxygen atoms in total. The summed E-state index contributed by atoms with van der Waals surface area (Å²) in [5, 5.41) is 13.8. The first kappa shape index (κ1) is 38.8. The molecule has 1 saturated heterocycles. The molecule has 0 spiro atoms. The van der Waals surface area contributed by atoms with Crippen LogP contribution in [-0.2, 0) is 22.6 Å². The number of nitrogens with one attached hydrogen (secondary N) is 3. The summed E-state index contributed by atoms with van der Waals surface area (Å²) in [5.41, 5.74) is 4.23. The number of nitrogens with zero attached hydrogens (tertiary/aromatic N) is 4. The second-order valence-electron chi connectivity index (χ2n) is 13.6. The van der Waals surface area contributed by atoms with E-state index in [0.717, 1.165) is 72.7 Å². The molecule has 1 aliphatic rings. The molecule has 3 heterocycles. The van der Waals surface area contributed by atoms with Crippen molar-refractivity contribution in [3.05, 3.63) is 70.4 Å². The molecule has 2 aromatic carbocycles. The van der Waals surface area contributed by atoms with Crippen LogP contribution in [0.25, 0.3) is 22.0 Å². The molecule has 1 aliphatic heterocycles. The van der Waals surface area contributed by atoms with Gasteiger partial charge in [0.2, 0.25) is 17.8 Å². The second kappa shape index (κ2) is 18.9. The number of unbranched alkanes of at least 4 members (excludes halogenated alkanes) is 8. The molecule has 3 N–H and O–H groups in total. The number of carbonyl (C=O) groups excluding carboxylic acids is 3. The Bertz CT molecular complexity index is 1830. The van der Waals surface area contributed by atoms with E-state index in [0.29, 0.717) is 11.6 Å². The molecular formula is C39H48ClF2N7O3. The van der Waals surface area contributed by atoms with Crippen LogP contribution in [0.1, 0.15) is 106 Å². The lowest BCUT2D eigenvalue weighted by Crippen LogP contribution is -2.45. The molecule has 52 heavy (non-hydrogen) atoms. The molecule has 0 bridgehead atoms. The first-order valence-electron chi connectivity index (χ1n) is 18.4. The number of H-pyrrole nitrogens is 1. The third kappa shape index (κ3) is 10.3. The topological polar surface area (TPSA) is 133 Å². The zero-order valence-electron chi connectivity index (χ0n) is 30.0. The number of anilines is 1. The van der Waals surface area contributed by atoms with E-state index in [1.165, 1.54) is 37.5 Å². The lowest BCUT2D eigenvalue weighted by molar-refractivity contribution is -0.138. The number of aromatic amines is 1. The number of fused-ring (bicyclic) bond motifs is 1. The highest BCUT2D eigenvalue weighted by Gasteiger charge is 2.39. The summed E-state index contributed by atoms with van der Waals surface area (Å²) in [6.45, 7) is 3.82. The van der Waals surface area contributed by atoms with Gasteiger partial charge in [-0.05, 0) is 48.6 Å². The van der Waals surface area contributed by atoms with Crippen LogP contribution < -0.4 is 10.6 Å². The minimum Gasteiger partial charge on any atom is -0.354 e. The molecule has 4 aromatic rings. The molecule has 0 radical (unpaired) electrons. The highest BCUT2D eigenvalue weighted by Crippen LogP contribution is 2.26. The number of rotatable bonds is 19. The normalized spacial score (nSPS) is 15.7. The quantitative estimate of drug-likeness (QED) is 0.0654. The van der Waals surface area contributed by atoms with Crippen molar-refractivity contribution in [3.63, 3.8) is 0 Å². The van der Waals surface area contributed by atoms with Gasteiger partial charge >= 0.3 is 0 Å². The molecule has 0 aliphatic carbocycles. The van der Waals surface area contributed by atoms with Gasteiger partial charge < -0.3 is 15.5 Å². The number of aromatic nitrogens is 4. The minimum absolute atomic E-state index is 0.0143. The molecule has 2 amide bonds. The van der Waals surface area contributed by atoms with Crippen LogP contribution in [0.2, 0.25) is 5.02 Å². The fourth-order valence-electron chi connectivity index (χ4n) is 6.72. The Labute approximate surface area is 308 Å². The van der Waals surface area contributed by atoms with Crippen molar-refractivity contribution in [1.82, 2.24) is 30.4 Å². The number of ketones is 1. The van der Waals surface area contributed by atoms with Crippen LogP contribution in [0.4, 0.5) is 14.7 Å². The number of halogens is 3. The molecule has 5 rings (SSSR count). The van der Waals surface area contributed by atoms with Crippen LogP contribution >= 0.6 is 11.6 Å². The third-order valence-electron chi connectivity index (χ3n) is 9.60. The zero-order valence-corrected chi connectivity index (χ0v) is 30.7. The number of benzene rings is 2.